The molecule has 0 aromatic heterocycles. The summed E-state index contributed by atoms with van der Waals surface area (Å²) in [5, 5.41) is 2.63. The van der Waals surface area contributed by atoms with E-state index in [1.165, 1.54) is 9.80 Å². The average molecular weight is 373 g/mol. The number of nitrogens with zero attached hydrogens (tertiary/aromatic N) is 2. The first-order valence-corrected chi connectivity index (χ1v) is 9.15. The van der Waals surface area contributed by atoms with Crippen molar-refractivity contribution in [1.82, 2.24) is 10.2 Å². The summed E-state index contributed by atoms with van der Waals surface area (Å²) in [6, 6.07) is 6.72. The normalized spacial score (nSPS) is 21.0. The number of likely N-dealkylation sites (N-methyl/N-ethyl adjacent to an activating group) is 1. The topological polar surface area (TPSA) is 96.0 Å². The summed E-state index contributed by atoms with van der Waals surface area (Å²) >= 11 is 0. The van der Waals surface area contributed by atoms with Crippen LogP contribution in [0.5, 0.6) is 0 Å². The number of benzene rings is 1. The van der Waals surface area contributed by atoms with Crippen molar-refractivity contribution in [2.45, 2.75) is 38.8 Å². The van der Waals surface area contributed by atoms with E-state index in [0.717, 1.165) is 6.42 Å². The molecule has 0 saturated carbocycles. The Balaban J connectivity index is 1.95. The van der Waals surface area contributed by atoms with E-state index in [9.17, 15) is 19.2 Å². The van der Waals surface area contributed by atoms with Gasteiger partial charge in [-0.25, -0.2) is 4.79 Å². The Kier molecular flexibility index (Phi) is 5.16. The van der Waals surface area contributed by atoms with Crippen LogP contribution >= 0.6 is 0 Å². The maximum atomic E-state index is 13.1. The predicted molar refractivity (Wildman–Crippen MR) is 96.9 cm³/mol. The molecule has 3 rings (SSSR count). The van der Waals surface area contributed by atoms with Crippen molar-refractivity contribution in [2.24, 2.45) is 0 Å². The molecule has 8 heteroatoms. The maximum absolute atomic E-state index is 13.1. The van der Waals surface area contributed by atoms with Gasteiger partial charge >= 0.3 is 5.97 Å². The zero-order valence-electron chi connectivity index (χ0n) is 15.5. The van der Waals surface area contributed by atoms with E-state index in [1.54, 1.807) is 31.2 Å². The van der Waals surface area contributed by atoms with Crippen molar-refractivity contribution < 1.29 is 23.9 Å². The minimum atomic E-state index is -1.54. The molecule has 3 amide bonds. The van der Waals surface area contributed by atoms with Crippen molar-refractivity contribution in [3.8, 4) is 0 Å². The number of esters is 1. The zero-order valence-corrected chi connectivity index (χ0v) is 15.5. The maximum Gasteiger partial charge on any atom is 0.354 e. The molecule has 0 bridgehead atoms. The molecule has 2 aliphatic heterocycles. The summed E-state index contributed by atoms with van der Waals surface area (Å²) < 4.78 is 5.25. The van der Waals surface area contributed by atoms with Crippen LogP contribution in [0.3, 0.4) is 0 Å². The average Bonchev–Trinajstić information content (AvgIpc) is 3.03. The molecule has 8 nitrogen and oxygen atoms in total. The summed E-state index contributed by atoms with van der Waals surface area (Å²) in [5.74, 6) is -1.75. The van der Waals surface area contributed by atoms with Crippen LogP contribution in [-0.4, -0.2) is 54.0 Å². The van der Waals surface area contributed by atoms with Crippen LogP contribution in [0, 0.1) is 0 Å². The van der Waals surface area contributed by atoms with E-state index >= 15 is 0 Å². The van der Waals surface area contributed by atoms with Gasteiger partial charge in [-0.05, 0) is 25.5 Å². The number of fused-ring (bicyclic) bond motifs is 3. The van der Waals surface area contributed by atoms with Gasteiger partial charge in [-0.3, -0.25) is 19.3 Å². The molecular formula is C19H23N3O5. The third-order valence-electron chi connectivity index (χ3n) is 4.92. The monoisotopic (exact) mass is 373 g/mol. The number of rotatable bonds is 6. The number of hydrogen-bond donors (Lipinski definition) is 1. The third-order valence-corrected chi connectivity index (χ3v) is 4.92. The summed E-state index contributed by atoms with van der Waals surface area (Å²) in [7, 11) is 0. The van der Waals surface area contributed by atoms with Gasteiger partial charge in [0.2, 0.25) is 11.6 Å². The first-order chi connectivity index (χ1) is 13.0. The van der Waals surface area contributed by atoms with Crippen LogP contribution in [0.2, 0.25) is 0 Å². The fourth-order valence-electron chi connectivity index (χ4n) is 3.73. The number of hydrogen-bond acceptors (Lipinski definition) is 5. The van der Waals surface area contributed by atoms with Gasteiger partial charge in [0.1, 0.15) is 0 Å². The SMILES string of the molecule is CCCNC(=O)COC(=O)[C@@]12CCC(=O)N1c1ccccc1C(=O)N2CC. The predicted octanol–water partition coefficient (Wildman–Crippen LogP) is 1.05. The van der Waals surface area contributed by atoms with Gasteiger partial charge in [-0.1, -0.05) is 19.1 Å². The molecule has 0 aliphatic carbocycles. The van der Waals surface area contributed by atoms with Gasteiger partial charge in [-0.2, -0.15) is 0 Å². The Morgan fingerprint density at radius 3 is 2.67 bits per heavy atom. The van der Waals surface area contributed by atoms with Crippen LogP contribution in [0.1, 0.15) is 43.5 Å². The highest BCUT2D eigenvalue weighted by atomic mass is 16.5. The van der Waals surface area contributed by atoms with Crippen molar-refractivity contribution in [3.05, 3.63) is 29.8 Å². The number of nitrogens with one attached hydrogen (secondary N) is 1. The number of amides is 3. The van der Waals surface area contributed by atoms with Crippen molar-refractivity contribution >= 4 is 29.4 Å². The van der Waals surface area contributed by atoms with Crippen molar-refractivity contribution in [3.63, 3.8) is 0 Å². The molecule has 2 heterocycles. The fourth-order valence-corrected chi connectivity index (χ4v) is 3.73. The fraction of sp³-hybridized carbons (Fsp3) is 0.474. The van der Waals surface area contributed by atoms with Gasteiger partial charge in [0, 0.05) is 25.9 Å². The highest BCUT2D eigenvalue weighted by Gasteiger charge is 2.61. The lowest BCUT2D eigenvalue weighted by molar-refractivity contribution is -0.160. The van der Waals surface area contributed by atoms with Crippen LogP contribution in [0.15, 0.2) is 24.3 Å². The lowest BCUT2D eigenvalue weighted by Gasteiger charge is -2.47. The summed E-state index contributed by atoms with van der Waals surface area (Å²) in [6.07, 6.45) is 1.02. The van der Waals surface area contributed by atoms with E-state index in [2.05, 4.69) is 5.32 Å². The van der Waals surface area contributed by atoms with Gasteiger partial charge in [0.25, 0.3) is 11.8 Å². The number of carbonyl (C=O) groups excluding carboxylic acids is 4. The molecule has 0 spiro atoms. The molecular weight excluding hydrogens is 350 g/mol. The Morgan fingerprint density at radius 1 is 1.22 bits per heavy atom. The molecule has 0 unspecified atom stereocenters. The van der Waals surface area contributed by atoms with Crippen molar-refractivity contribution in [1.29, 1.82) is 0 Å². The molecule has 0 radical (unpaired) electrons. The molecule has 1 saturated heterocycles. The lowest BCUT2D eigenvalue weighted by atomic mass is 9.96. The molecule has 1 fully saturated rings. The lowest BCUT2D eigenvalue weighted by Crippen LogP contribution is -2.68. The second-order valence-corrected chi connectivity index (χ2v) is 6.54. The quantitative estimate of drug-likeness (QED) is 0.752. The van der Waals surface area contributed by atoms with E-state index in [4.69, 9.17) is 4.74 Å². The van der Waals surface area contributed by atoms with E-state index in [0.29, 0.717) is 17.8 Å². The first-order valence-electron chi connectivity index (χ1n) is 9.15. The Bertz CT molecular complexity index is 793. The minimum absolute atomic E-state index is 0.120. The van der Waals surface area contributed by atoms with Gasteiger partial charge in [0.15, 0.2) is 6.61 Å². The second kappa shape index (κ2) is 7.38. The largest absolute Gasteiger partial charge is 0.452 e. The van der Waals surface area contributed by atoms with Gasteiger partial charge in [0.05, 0.1) is 11.3 Å². The molecule has 1 atom stereocenters. The van der Waals surface area contributed by atoms with E-state index in [1.807, 2.05) is 6.92 Å². The Morgan fingerprint density at radius 2 is 1.96 bits per heavy atom. The smallest absolute Gasteiger partial charge is 0.354 e. The van der Waals surface area contributed by atoms with E-state index < -0.39 is 24.1 Å². The molecule has 1 aromatic rings. The Labute approximate surface area is 157 Å². The molecule has 1 N–H and O–H groups in total. The molecule has 27 heavy (non-hydrogen) atoms. The summed E-state index contributed by atoms with van der Waals surface area (Å²) in [4.78, 5) is 53.2. The minimum Gasteiger partial charge on any atom is -0.452 e. The van der Waals surface area contributed by atoms with Crippen LogP contribution in [0.25, 0.3) is 0 Å². The highest BCUT2D eigenvalue weighted by molar-refractivity contribution is 6.15. The van der Waals surface area contributed by atoms with Crippen molar-refractivity contribution in [2.75, 3.05) is 24.6 Å². The summed E-state index contributed by atoms with van der Waals surface area (Å²) in [5.41, 5.74) is -0.761. The number of para-hydroxylation sites is 1. The number of anilines is 1. The first kappa shape index (κ1) is 18.9. The summed E-state index contributed by atoms with van der Waals surface area (Å²) in [6.45, 7) is 3.93. The number of ether oxygens (including phenoxy) is 1. The van der Waals surface area contributed by atoms with E-state index in [-0.39, 0.29) is 31.2 Å². The highest BCUT2D eigenvalue weighted by Crippen LogP contribution is 2.44. The van der Waals surface area contributed by atoms with Crippen LogP contribution in [0.4, 0.5) is 5.69 Å². The second-order valence-electron chi connectivity index (χ2n) is 6.54. The number of carbonyl (C=O) groups is 4. The Hall–Kier alpha value is -2.90. The zero-order chi connectivity index (χ0) is 19.6. The molecule has 1 aromatic carbocycles. The van der Waals surface area contributed by atoms with Crippen LogP contribution in [-0.2, 0) is 19.1 Å². The van der Waals surface area contributed by atoms with Gasteiger partial charge in [-0.15, -0.1) is 0 Å². The molecule has 2 aliphatic rings. The molecule has 144 valence electrons. The van der Waals surface area contributed by atoms with Gasteiger partial charge < -0.3 is 15.0 Å². The standard InChI is InChI=1S/C19H23N3O5/c1-3-11-20-15(23)12-27-18(26)19-10-9-16(24)22(19)14-8-6-5-7-13(14)17(25)21(19)4-2/h5-8H,3-4,9-12H2,1-2H3,(H,20,23)/t19-/m1/s1. The van der Waals surface area contributed by atoms with Crippen LogP contribution < -0.4 is 10.2 Å². The third kappa shape index (κ3) is 2.94.